The lowest BCUT2D eigenvalue weighted by Crippen LogP contribution is -2.48. The first kappa shape index (κ1) is 23.8. The Morgan fingerprint density at radius 1 is 1.16 bits per heavy atom. The molecule has 1 aliphatic rings. The van der Waals surface area contributed by atoms with Crippen molar-refractivity contribution in [1.82, 2.24) is 24.6 Å². The van der Waals surface area contributed by atoms with Gasteiger partial charge in [0.2, 0.25) is 5.91 Å². The molecule has 1 fully saturated rings. The van der Waals surface area contributed by atoms with E-state index in [0.717, 1.165) is 55.4 Å². The van der Waals surface area contributed by atoms with Gasteiger partial charge < -0.3 is 9.80 Å². The number of amides is 1. The number of hydrogen-bond acceptors (Lipinski definition) is 5. The normalized spacial score (nSPS) is 16.6. The summed E-state index contributed by atoms with van der Waals surface area (Å²) < 4.78 is 2.19. The van der Waals surface area contributed by atoms with E-state index in [2.05, 4.69) is 71.4 Å². The summed E-state index contributed by atoms with van der Waals surface area (Å²) in [5, 5.41) is 9.79. The van der Waals surface area contributed by atoms with Crippen molar-refractivity contribution in [2.75, 3.05) is 32.4 Å². The van der Waals surface area contributed by atoms with Crippen molar-refractivity contribution in [2.24, 2.45) is 5.92 Å². The van der Waals surface area contributed by atoms with Crippen LogP contribution in [0.25, 0.3) is 11.4 Å². The highest BCUT2D eigenvalue weighted by molar-refractivity contribution is 7.99. The van der Waals surface area contributed by atoms with E-state index in [1.807, 2.05) is 18.2 Å². The maximum Gasteiger partial charge on any atom is 0.233 e. The van der Waals surface area contributed by atoms with Gasteiger partial charge in [0, 0.05) is 24.2 Å². The van der Waals surface area contributed by atoms with Crippen LogP contribution in [-0.4, -0.2) is 68.9 Å². The van der Waals surface area contributed by atoms with Gasteiger partial charge in [-0.1, -0.05) is 62.9 Å². The zero-order valence-corrected chi connectivity index (χ0v) is 20.4. The third kappa shape index (κ3) is 6.10. The van der Waals surface area contributed by atoms with Gasteiger partial charge in [0.15, 0.2) is 11.0 Å². The van der Waals surface area contributed by atoms with Crippen molar-refractivity contribution in [3.05, 3.63) is 30.3 Å². The van der Waals surface area contributed by atoms with Crippen LogP contribution in [0.3, 0.4) is 0 Å². The molecule has 1 amide bonds. The maximum absolute atomic E-state index is 13.3. The lowest BCUT2D eigenvalue weighted by Gasteiger charge is -2.38. The van der Waals surface area contributed by atoms with Gasteiger partial charge in [-0.05, 0) is 52.2 Å². The fourth-order valence-electron chi connectivity index (χ4n) is 4.10. The van der Waals surface area contributed by atoms with E-state index in [4.69, 9.17) is 0 Å². The SMILES string of the molecule is CCC(C)n1c(SCC(=O)N(CC(C)C)C2CCN(C)CC2)nnc1-c1ccccc1. The second-order valence-electron chi connectivity index (χ2n) is 9.06. The molecular formula is C24H37N5OS. The van der Waals surface area contributed by atoms with Crippen molar-refractivity contribution < 1.29 is 4.79 Å². The van der Waals surface area contributed by atoms with E-state index in [9.17, 15) is 4.79 Å². The van der Waals surface area contributed by atoms with E-state index in [0.29, 0.717) is 17.7 Å². The summed E-state index contributed by atoms with van der Waals surface area (Å²) in [7, 11) is 2.16. The predicted molar refractivity (Wildman–Crippen MR) is 128 cm³/mol. The molecule has 1 atom stereocenters. The van der Waals surface area contributed by atoms with Gasteiger partial charge in [-0.3, -0.25) is 9.36 Å². The first-order chi connectivity index (χ1) is 14.9. The molecule has 2 heterocycles. The van der Waals surface area contributed by atoms with Gasteiger partial charge >= 0.3 is 0 Å². The number of aromatic nitrogens is 3. The van der Waals surface area contributed by atoms with Crippen LogP contribution < -0.4 is 0 Å². The monoisotopic (exact) mass is 443 g/mol. The maximum atomic E-state index is 13.3. The van der Waals surface area contributed by atoms with Crippen LogP contribution in [0.15, 0.2) is 35.5 Å². The van der Waals surface area contributed by atoms with Crippen LogP contribution in [0.2, 0.25) is 0 Å². The molecule has 1 saturated heterocycles. The number of likely N-dealkylation sites (tertiary alicyclic amines) is 1. The molecule has 6 nitrogen and oxygen atoms in total. The van der Waals surface area contributed by atoms with E-state index in [1.165, 1.54) is 11.8 Å². The summed E-state index contributed by atoms with van der Waals surface area (Å²) >= 11 is 1.52. The summed E-state index contributed by atoms with van der Waals surface area (Å²) in [6.07, 6.45) is 3.09. The Kier molecular flexibility index (Phi) is 8.55. The van der Waals surface area contributed by atoms with E-state index >= 15 is 0 Å². The third-order valence-corrected chi connectivity index (χ3v) is 6.99. The Labute approximate surface area is 191 Å². The zero-order valence-electron chi connectivity index (χ0n) is 19.6. The van der Waals surface area contributed by atoms with Crippen molar-refractivity contribution >= 4 is 17.7 Å². The number of hydrogen-bond donors (Lipinski definition) is 0. The topological polar surface area (TPSA) is 54.3 Å². The molecule has 1 aromatic heterocycles. The van der Waals surface area contributed by atoms with Gasteiger partial charge in [0.05, 0.1) is 5.75 Å². The molecule has 0 spiro atoms. The molecule has 0 bridgehead atoms. The number of thioether (sulfide) groups is 1. The molecule has 1 aromatic carbocycles. The Hall–Kier alpha value is -1.86. The minimum Gasteiger partial charge on any atom is -0.339 e. The fraction of sp³-hybridized carbons (Fsp3) is 0.625. The molecule has 170 valence electrons. The summed E-state index contributed by atoms with van der Waals surface area (Å²) in [4.78, 5) is 17.8. The average molecular weight is 444 g/mol. The summed E-state index contributed by atoms with van der Waals surface area (Å²) in [5.41, 5.74) is 1.06. The van der Waals surface area contributed by atoms with Gasteiger partial charge in [0.25, 0.3) is 0 Å². The highest BCUT2D eigenvalue weighted by Gasteiger charge is 2.28. The smallest absolute Gasteiger partial charge is 0.233 e. The average Bonchev–Trinajstić information content (AvgIpc) is 3.20. The quantitative estimate of drug-likeness (QED) is 0.531. The minimum atomic E-state index is 0.216. The van der Waals surface area contributed by atoms with Crippen molar-refractivity contribution in [1.29, 1.82) is 0 Å². The van der Waals surface area contributed by atoms with E-state index < -0.39 is 0 Å². The Balaban J connectivity index is 1.75. The van der Waals surface area contributed by atoms with Gasteiger partial charge in [-0.15, -0.1) is 10.2 Å². The Morgan fingerprint density at radius 2 is 1.84 bits per heavy atom. The molecule has 7 heteroatoms. The Morgan fingerprint density at radius 3 is 2.45 bits per heavy atom. The third-order valence-electron chi connectivity index (χ3n) is 6.06. The first-order valence-corrected chi connectivity index (χ1v) is 12.5. The number of piperidine rings is 1. The van der Waals surface area contributed by atoms with Crippen LogP contribution in [-0.2, 0) is 4.79 Å². The second-order valence-corrected chi connectivity index (χ2v) is 10.0. The van der Waals surface area contributed by atoms with Crippen molar-refractivity contribution in [3.63, 3.8) is 0 Å². The number of carbonyl (C=O) groups excluding carboxylic acids is 1. The predicted octanol–water partition coefficient (Wildman–Crippen LogP) is 4.59. The fourth-order valence-corrected chi connectivity index (χ4v) is 5.03. The number of rotatable bonds is 9. The molecule has 3 rings (SSSR count). The number of benzene rings is 1. The van der Waals surface area contributed by atoms with Gasteiger partial charge in [0.1, 0.15) is 0 Å². The first-order valence-electron chi connectivity index (χ1n) is 11.5. The van der Waals surface area contributed by atoms with Crippen LogP contribution in [0.4, 0.5) is 0 Å². The molecule has 31 heavy (non-hydrogen) atoms. The van der Waals surface area contributed by atoms with Gasteiger partial charge in [-0.2, -0.15) is 0 Å². The second kappa shape index (κ2) is 11.1. The van der Waals surface area contributed by atoms with Crippen LogP contribution in [0, 0.1) is 5.92 Å². The van der Waals surface area contributed by atoms with Gasteiger partial charge in [-0.25, -0.2) is 0 Å². The minimum absolute atomic E-state index is 0.216. The molecule has 0 saturated carbocycles. The summed E-state index contributed by atoms with van der Waals surface area (Å²) in [6.45, 7) is 11.7. The number of nitrogens with zero attached hydrogens (tertiary/aromatic N) is 5. The summed E-state index contributed by atoms with van der Waals surface area (Å²) in [5.74, 6) is 1.96. The van der Waals surface area contributed by atoms with E-state index in [-0.39, 0.29) is 11.9 Å². The van der Waals surface area contributed by atoms with E-state index in [1.54, 1.807) is 0 Å². The lowest BCUT2D eigenvalue weighted by atomic mass is 10.0. The highest BCUT2D eigenvalue weighted by Crippen LogP contribution is 2.29. The molecule has 0 aliphatic carbocycles. The standard InChI is InChI=1S/C24H37N5OS/c1-6-19(4)29-23(20-10-8-7-9-11-20)25-26-24(29)31-17-22(30)28(16-18(2)3)21-12-14-27(5)15-13-21/h7-11,18-19,21H,6,12-17H2,1-5H3. The van der Waals surface area contributed by atoms with Crippen molar-refractivity contribution in [3.8, 4) is 11.4 Å². The largest absolute Gasteiger partial charge is 0.339 e. The lowest BCUT2D eigenvalue weighted by molar-refractivity contribution is -0.132. The molecule has 1 unspecified atom stereocenters. The summed E-state index contributed by atoms with van der Waals surface area (Å²) in [6, 6.07) is 10.8. The number of carbonyl (C=O) groups is 1. The molecular weight excluding hydrogens is 406 g/mol. The van der Waals surface area contributed by atoms with Crippen LogP contribution >= 0.6 is 11.8 Å². The molecule has 0 N–H and O–H groups in total. The van der Waals surface area contributed by atoms with Crippen LogP contribution in [0.1, 0.15) is 53.0 Å². The molecule has 1 aliphatic heterocycles. The molecule has 2 aromatic rings. The zero-order chi connectivity index (χ0) is 22.4. The van der Waals surface area contributed by atoms with Crippen LogP contribution in [0.5, 0.6) is 0 Å². The highest BCUT2D eigenvalue weighted by atomic mass is 32.2. The Bertz CT molecular complexity index is 830. The van der Waals surface area contributed by atoms with Crippen molar-refractivity contribution in [2.45, 2.75) is 64.2 Å². The molecule has 0 radical (unpaired) electrons.